The molecule has 5 aliphatic rings. The number of piperidine rings is 3. The number of rotatable bonds is 10. The smallest absolute Gasteiger partial charge is 0.223 e. The third-order valence-corrected chi connectivity index (χ3v) is 8.59. The summed E-state index contributed by atoms with van der Waals surface area (Å²) in [7, 11) is 0. The van der Waals surface area contributed by atoms with Crippen molar-refractivity contribution in [3.8, 4) is 0 Å². The maximum Gasteiger partial charge on any atom is 0.223 e. The lowest BCUT2D eigenvalue weighted by molar-refractivity contribution is -0.126. The van der Waals surface area contributed by atoms with Crippen molar-refractivity contribution < 1.29 is 19.4 Å². The van der Waals surface area contributed by atoms with Gasteiger partial charge in [-0.2, -0.15) is 0 Å². The molecule has 4 saturated heterocycles. The number of hydrogen-bond acceptors (Lipinski definition) is 9. The molecule has 0 aromatic heterocycles. The second kappa shape index (κ2) is 12.6. The summed E-state index contributed by atoms with van der Waals surface area (Å²) >= 11 is 0. The monoisotopic (exact) mass is 494 g/mol. The number of aliphatic hydroxyl groups is 1. The predicted molar refractivity (Wildman–Crippen MR) is 132 cm³/mol. The summed E-state index contributed by atoms with van der Waals surface area (Å²) in [5.41, 5.74) is 0. The van der Waals surface area contributed by atoms with Crippen LogP contribution >= 0.6 is 0 Å². The molecule has 0 aromatic carbocycles. The molecule has 0 bridgehead atoms. The maximum atomic E-state index is 12.7. The average molecular weight is 495 g/mol. The summed E-state index contributed by atoms with van der Waals surface area (Å²) < 4.78 is 11.6. The van der Waals surface area contributed by atoms with Crippen molar-refractivity contribution in [2.75, 3.05) is 52.6 Å². The van der Waals surface area contributed by atoms with Crippen LogP contribution in [0.3, 0.4) is 0 Å². The molecular formula is C25H46N6O4. The molecule has 1 saturated carbocycles. The van der Waals surface area contributed by atoms with E-state index in [4.69, 9.17) is 9.47 Å². The van der Waals surface area contributed by atoms with Crippen LogP contribution in [0, 0.1) is 11.8 Å². The molecule has 5 rings (SSSR count). The molecule has 10 heteroatoms. The van der Waals surface area contributed by atoms with Gasteiger partial charge < -0.3 is 30.1 Å². The minimum Gasteiger partial charge on any atom is -0.390 e. The molecule has 0 spiro atoms. The quantitative estimate of drug-likeness (QED) is 0.234. The molecule has 0 radical (unpaired) electrons. The first-order valence-electron chi connectivity index (χ1n) is 14.0. The Morgan fingerprint density at radius 3 is 2.91 bits per heavy atom. The van der Waals surface area contributed by atoms with Crippen molar-refractivity contribution in [2.45, 2.75) is 88.1 Å². The van der Waals surface area contributed by atoms with Crippen molar-refractivity contribution in [1.82, 2.24) is 31.5 Å². The second-order valence-electron chi connectivity index (χ2n) is 11.3. The van der Waals surface area contributed by atoms with Crippen LogP contribution in [0.15, 0.2) is 0 Å². The zero-order valence-corrected chi connectivity index (χ0v) is 21.1. The normalized spacial score (nSPS) is 37.4. The molecule has 1 amide bonds. The van der Waals surface area contributed by atoms with Crippen molar-refractivity contribution in [2.24, 2.45) is 11.8 Å². The Kier molecular flexibility index (Phi) is 9.28. The summed E-state index contributed by atoms with van der Waals surface area (Å²) in [6.45, 7) is 5.91. The number of carbonyl (C=O) groups excluding carboxylic acids is 1. The molecular weight excluding hydrogens is 448 g/mol. The average Bonchev–Trinajstić information content (AvgIpc) is 3.37. The highest BCUT2D eigenvalue weighted by Crippen LogP contribution is 2.28. The molecule has 5 fully saturated rings. The highest BCUT2D eigenvalue weighted by atomic mass is 16.6. The molecule has 7 atom stereocenters. The molecule has 1 aliphatic carbocycles. The number of nitrogens with zero attached hydrogens (tertiary/aromatic N) is 1. The number of aliphatic hydroxyl groups excluding tert-OH is 1. The number of nitrogens with one attached hydrogen (secondary N) is 5. The first-order valence-corrected chi connectivity index (χ1v) is 14.0. The minimum absolute atomic E-state index is 0.0248. The van der Waals surface area contributed by atoms with E-state index < -0.39 is 6.10 Å². The Balaban J connectivity index is 0.967. The second-order valence-corrected chi connectivity index (χ2v) is 11.3. The summed E-state index contributed by atoms with van der Waals surface area (Å²) in [6.07, 6.45) is 8.70. The summed E-state index contributed by atoms with van der Waals surface area (Å²) in [6, 6.07) is 1.09. The van der Waals surface area contributed by atoms with Crippen LogP contribution in [-0.2, 0) is 14.3 Å². The van der Waals surface area contributed by atoms with Gasteiger partial charge in [0.2, 0.25) is 5.91 Å². The van der Waals surface area contributed by atoms with E-state index in [1.807, 2.05) is 0 Å². The van der Waals surface area contributed by atoms with Gasteiger partial charge >= 0.3 is 0 Å². The van der Waals surface area contributed by atoms with Gasteiger partial charge in [0.25, 0.3) is 0 Å². The fraction of sp³-hybridized carbons (Fsp3) is 0.960. The topological polar surface area (TPSA) is 119 Å². The first kappa shape index (κ1) is 25.8. The largest absolute Gasteiger partial charge is 0.390 e. The zero-order chi connectivity index (χ0) is 24.0. The molecule has 6 N–H and O–H groups in total. The fourth-order valence-corrected chi connectivity index (χ4v) is 6.26. The van der Waals surface area contributed by atoms with Crippen LogP contribution in [0.5, 0.6) is 0 Å². The lowest BCUT2D eigenvalue weighted by Gasteiger charge is -2.44. The molecule has 0 aromatic rings. The van der Waals surface area contributed by atoms with Gasteiger partial charge in [-0.25, -0.2) is 0 Å². The Morgan fingerprint density at radius 2 is 2.11 bits per heavy atom. The zero-order valence-electron chi connectivity index (χ0n) is 21.1. The summed E-state index contributed by atoms with van der Waals surface area (Å²) in [5.74, 6) is 0.701. The number of ether oxygens (including phenoxy) is 2. The molecule has 35 heavy (non-hydrogen) atoms. The highest BCUT2D eigenvalue weighted by molar-refractivity contribution is 5.78. The molecule has 4 aliphatic heterocycles. The maximum absolute atomic E-state index is 12.7. The van der Waals surface area contributed by atoms with Gasteiger partial charge in [-0.3, -0.25) is 20.7 Å². The van der Waals surface area contributed by atoms with E-state index in [1.165, 1.54) is 19.3 Å². The third-order valence-electron chi connectivity index (χ3n) is 8.59. The van der Waals surface area contributed by atoms with Gasteiger partial charge in [-0.05, 0) is 64.0 Å². The van der Waals surface area contributed by atoms with E-state index in [-0.39, 0.29) is 30.3 Å². The van der Waals surface area contributed by atoms with E-state index in [1.54, 1.807) is 0 Å². The Morgan fingerprint density at radius 1 is 1.20 bits per heavy atom. The summed E-state index contributed by atoms with van der Waals surface area (Å²) in [5, 5.41) is 27.7. The number of carbonyl (C=O) groups is 1. The number of β-amino-alcohol motifs (C(OH)–C–C–N with tert-alkyl or cyclic N) is 1. The lowest BCUT2D eigenvalue weighted by Crippen LogP contribution is -2.57. The van der Waals surface area contributed by atoms with E-state index in [0.717, 1.165) is 58.3 Å². The fourth-order valence-electron chi connectivity index (χ4n) is 6.26. The van der Waals surface area contributed by atoms with Crippen LogP contribution in [0.4, 0.5) is 0 Å². The van der Waals surface area contributed by atoms with Gasteiger partial charge in [0.05, 0.1) is 31.7 Å². The highest BCUT2D eigenvalue weighted by Gasteiger charge is 2.36. The number of likely N-dealkylation sites (tertiary alicyclic amines) is 1. The van der Waals surface area contributed by atoms with Crippen molar-refractivity contribution in [3.05, 3.63) is 0 Å². The predicted octanol–water partition coefficient (Wildman–Crippen LogP) is -0.706. The Bertz CT molecular complexity index is 676. The van der Waals surface area contributed by atoms with Gasteiger partial charge in [0.15, 0.2) is 0 Å². The van der Waals surface area contributed by atoms with Crippen LogP contribution in [0.1, 0.15) is 51.4 Å². The number of amides is 1. The first-order chi connectivity index (χ1) is 17.1. The van der Waals surface area contributed by atoms with Crippen LogP contribution in [0.25, 0.3) is 0 Å². The van der Waals surface area contributed by atoms with Crippen molar-refractivity contribution in [3.63, 3.8) is 0 Å². The van der Waals surface area contributed by atoms with Crippen LogP contribution in [-0.4, -0.2) is 105 Å². The van der Waals surface area contributed by atoms with Crippen molar-refractivity contribution >= 4 is 5.91 Å². The molecule has 4 heterocycles. The van der Waals surface area contributed by atoms with Crippen LogP contribution in [0.2, 0.25) is 0 Å². The Hall–Kier alpha value is -0.850. The van der Waals surface area contributed by atoms with E-state index in [0.29, 0.717) is 44.4 Å². The minimum atomic E-state index is -0.534. The number of fused-ring (bicyclic) bond motifs is 1. The van der Waals surface area contributed by atoms with Gasteiger partial charge in [0.1, 0.15) is 6.23 Å². The number of hydrogen-bond donors (Lipinski definition) is 6. The van der Waals surface area contributed by atoms with Gasteiger partial charge in [0, 0.05) is 44.2 Å². The Labute approximate surface area is 209 Å². The van der Waals surface area contributed by atoms with Crippen LogP contribution < -0.4 is 26.6 Å². The van der Waals surface area contributed by atoms with E-state index >= 15 is 0 Å². The summed E-state index contributed by atoms with van der Waals surface area (Å²) in [4.78, 5) is 15.1. The standard InChI is InChI=1S/C25H46N6O4/c32-20(11-28-25(33)17-6-8-27-23(10-17)29-19-2-1-3-19)14-31-9-7-22-18(13-31)4-5-24(30-22)34-15-21-12-26-16-35-21/h17-24,26-27,29-30,32H,1-16H2,(H,28,33)/t17?,18?,20-,21?,22?,23?,24?/m0/s1. The SMILES string of the molecule is O=C(NC[C@H](O)CN1CCC2NC(OCC3CNCO3)CCC2C1)C1CCNC(NC2CCC2)C1. The molecule has 10 nitrogen and oxygen atoms in total. The van der Waals surface area contributed by atoms with E-state index in [9.17, 15) is 9.90 Å². The third kappa shape index (κ3) is 7.35. The molecule has 200 valence electrons. The van der Waals surface area contributed by atoms with Gasteiger partial charge in [-0.15, -0.1) is 0 Å². The van der Waals surface area contributed by atoms with Crippen molar-refractivity contribution in [1.29, 1.82) is 0 Å². The lowest BCUT2D eigenvalue weighted by atomic mass is 9.84. The van der Waals surface area contributed by atoms with Gasteiger partial charge in [-0.1, -0.05) is 6.42 Å². The van der Waals surface area contributed by atoms with E-state index in [2.05, 4.69) is 31.5 Å². The molecule has 6 unspecified atom stereocenters.